The quantitative estimate of drug-likeness (QED) is 0.473. The highest BCUT2D eigenvalue weighted by molar-refractivity contribution is 7.80. The van der Waals surface area contributed by atoms with E-state index >= 15 is 0 Å². The number of aryl methyl sites for hydroxylation is 1. The molecule has 26 heavy (non-hydrogen) atoms. The van der Waals surface area contributed by atoms with Crippen LogP contribution in [-0.2, 0) is 6.54 Å². The molecule has 6 nitrogen and oxygen atoms in total. The molecule has 0 saturated heterocycles. The standard InChI is InChI=1S/C18H20N4O2S2/c1-11-4-3-5-14(12(11)2)20-18(26)22-21-17(25)19-9-13-6-7-15-16(8-13)24-10-23-15/h3-8H,9-10H2,1-2H3,(H2,19,21,25)(H2,20,22,26). The van der Waals surface area contributed by atoms with Gasteiger partial charge in [-0.25, -0.2) is 0 Å². The Kier molecular flexibility index (Phi) is 5.75. The van der Waals surface area contributed by atoms with Crippen LogP contribution in [0, 0.1) is 13.8 Å². The Bertz CT molecular complexity index is 842. The largest absolute Gasteiger partial charge is 0.454 e. The summed E-state index contributed by atoms with van der Waals surface area (Å²) in [5.41, 5.74) is 10.1. The van der Waals surface area contributed by atoms with Crippen molar-refractivity contribution in [2.24, 2.45) is 0 Å². The smallest absolute Gasteiger partial charge is 0.231 e. The number of rotatable bonds is 3. The normalized spacial score (nSPS) is 11.6. The zero-order chi connectivity index (χ0) is 18.5. The zero-order valence-corrected chi connectivity index (χ0v) is 16.1. The maximum Gasteiger partial charge on any atom is 0.231 e. The summed E-state index contributed by atoms with van der Waals surface area (Å²) in [5.74, 6) is 1.51. The van der Waals surface area contributed by atoms with E-state index in [9.17, 15) is 0 Å². The molecule has 0 atom stereocenters. The first-order chi connectivity index (χ1) is 12.5. The van der Waals surface area contributed by atoms with Crippen molar-refractivity contribution in [3.63, 3.8) is 0 Å². The third-order valence-corrected chi connectivity index (χ3v) is 4.48. The predicted octanol–water partition coefficient (Wildman–Crippen LogP) is 2.90. The van der Waals surface area contributed by atoms with E-state index in [1.807, 2.05) is 37.3 Å². The van der Waals surface area contributed by atoms with Crippen molar-refractivity contribution < 1.29 is 9.47 Å². The number of hydrogen-bond donors (Lipinski definition) is 4. The molecular formula is C18H20N4O2S2. The van der Waals surface area contributed by atoms with E-state index < -0.39 is 0 Å². The monoisotopic (exact) mass is 388 g/mol. The van der Waals surface area contributed by atoms with Crippen LogP contribution in [0.25, 0.3) is 0 Å². The highest BCUT2D eigenvalue weighted by Crippen LogP contribution is 2.32. The highest BCUT2D eigenvalue weighted by atomic mass is 32.1. The Morgan fingerprint density at radius 2 is 1.77 bits per heavy atom. The third kappa shape index (κ3) is 4.53. The number of hydrogen-bond acceptors (Lipinski definition) is 4. The van der Waals surface area contributed by atoms with Crippen molar-refractivity contribution in [3.8, 4) is 11.5 Å². The average Bonchev–Trinajstić information content (AvgIpc) is 3.10. The van der Waals surface area contributed by atoms with E-state index in [0.717, 1.165) is 28.3 Å². The van der Waals surface area contributed by atoms with E-state index in [1.165, 1.54) is 5.56 Å². The van der Waals surface area contributed by atoms with Crippen LogP contribution in [0.3, 0.4) is 0 Å². The van der Waals surface area contributed by atoms with Gasteiger partial charge in [0.05, 0.1) is 0 Å². The minimum atomic E-state index is 0.265. The summed E-state index contributed by atoms with van der Waals surface area (Å²) in [7, 11) is 0. The molecule has 3 rings (SSSR count). The number of benzene rings is 2. The Balaban J connectivity index is 1.43. The summed E-state index contributed by atoms with van der Waals surface area (Å²) >= 11 is 10.5. The van der Waals surface area contributed by atoms with Gasteiger partial charge in [0.25, 0.3) is 0 Å². The van der Waals surface area contributed by atoms with E-state index in [2.05, 4.69) is 34.5 Å². The van der Waals surface area contributed by atoms with Crippen molar-refractivity contribution in [2.75, 3.05) is 12.1 Å². The maximum atomic E-state index is 5.36. The van der Waals surface area contributed by atoms with Gasteiger partial charge >= 0.3 is 0 Å². The van der Waals surface area contributed by atoms with E-state index in [0.29, 0.717) is 16.8 Å². The SMILES string of the molecule is Cc1cccc(NC(=S)NNC(=S)NCc2ccc3c(c2)OCO3)c1C. The highest BCUT2D eigenvalue weighted by Gasteiger charge is 2.13. The molecule has 0 spiro atoms. The molecule has 0 aromatic heterocycles. The molecular weight excluding hydrogens is 368 g/mol. The number of nitrogens with one attached hydrogen (secondary N) is 4. The Labute approximate surface area is 163 Å². The first-order valence-electron chi connectivity index (χ1n) is 8.08. The molecule has 0 bridgehead atoms. The fourth-order valence-electron chi connectivity index (χ4n) is 2.43. The van der Waals surface area contributed by atoms with Crippen molar-refractivity contribution >= 4 is 40.3 Å². The van der Waals surface area contributed by atoms with Crippen LogP contribution in [0.2, 0.25) is 0 Å². The van der Waals surface area contributed by atoms with Gasteiger partial charge in [0.2, 0.25) is 6.79 Å². The summed E-state index contributed by atoms with van der Waals surface area (Å²) in [4.78, 5) is 0. The molecule has 136 valence electrons. The number of hydrazine groups is 1. The summed E-state index contributed by atoms with van der Waals surface area (Å²) in [5, 5.41) is 7.13. The molecule has 0 unspecified atom stereocenters. The second kappa shape index (κ2) is 8.20. The molecule has 0 aliphatic carbocycles. The van der Waals surface area contributed by atoms with Gasteiger partial charge in [0.1, 0.15) is 0 Å². The Morgan fingerprint density at radius 1 is 1.00 bits per heavy atom. The van der Waals surface area contributed by atoms with Gasteiger partial charge in [0.15, 0.2) is 21.7 Å². The summed E-state index contributed by atoms with van der Waals surface area (Å²) in [6, 6.07) is 11.8. The second-order valence-electron chi connectivity index (χ2n) is 5.82. The molecule has 8 heteroatoms. The lowest BCUT2D eigenvalue weighted by Gasteiger charge is -2.16. The van der Waals surface area contributed by atoms with E-state index in [1.54, 1.807) is 0 Å². The number of anilines is 1. The maximum absolute atomic E-state index is 5.36. The van der Waals surface area contributed by atoms with Gasteiger partial charge < -0.3 is 20.1 Å². The molecule has 0 fully saturated rings. The van der Waals surface area contributed by atoms with Crippen molar-refractivity contribution in [1.29, 1.82) is 0 Å². The number of thiocarbonyl (C=S) groups is 2. The van der Waals surface area contributed by atoms with Crippen LogP contribution >= 0.6 is 24.4 Å². The average molecular weight is 389 g/mol. The minimum absolute atomic E-state index is 0.265. The van der Waals surface area contributed by atoms with Gasteiger partial charge in [-0.1, -0.05) is 18.2 Å². The first kappa shape index (κ1) is 18.2. The molecule has 1 aliphatic rings. The number of ether oxygens (including phenoxy) is 2. The zero-order valence-electron chi connectivity index (χ0n) is 14.5. The molecule has 4 N–H and O–H groups in total. The third-order valence-electron chi connectivity index (χ3n) is 4.03. The van der Waals surface area contributed by atoms with Crippen LogP contribution in [0.5, 0.6) is 11.5 Å². The molecule has 0 radical (unpaired) electrons. The number of fused-ring (bicyclic) bond motifs is 1. The predicted molar refractivity (Wildman–Crippen MR) is 110 cm³/mol. The topological polar surface area (TPSA) is 66.6 Å². The summed E-state index contributed by atoms with van der Waals surface area (Å²) < 4.78 is 10.7. The van der Waals surface area contributed by atoms with Gasteiger partial charge in [-0.3, -0.25) is 10.9 Å². The minimum Gasteiger partial charge on any atom is -0.454 e. The van der Waals surface area contributed by atoms with Gasteiger partial charge in [-0.15, -0.1) is 0 Å². The molecule has 1 aliphatic heterocycles. The molecule has 1 heterocycles. The molecule has 0 saturated carbocycles. The fourth-order valence-corrected chi connectivity index (χ4v) is 2.72. The Hall–Kier alpha value is -2.58. The van der Waals surface area contributed by atoms with Crippen LogP contribution in [0.4, 0.5) is 5.69 Å². The van der Waals surface area contributed by atoms with Crippen LogP contribution < -0.4 is 31.0 Å². The van der Waals surface area contributed by atoms with Crippen molar-refractivity contribution in [1.82, 2.24) is 16.2 Å². The van der Waals surface area contributed by atoms with Crippen LogP contribution in [-0.4, -0.2) is 17.0 Å². The van der Waals surface area contributed by atoms with Crippen molar-refractivity contribution in [2.45, 2.75) is 20.4 Å². The van der Waals surface area contributed by atoms with Gasteiger partial charge in [0, 0.05) is 12.2 Å². The van der Waals surface area contributed by atoms with Gasteiger partial charge in [-0.2, -0.15) is 0 Å². The van der Waals surface area contributed by atoms with E-state index in [-0.39, 0.29) is 6.79 Å². The molecule has 2 aromatic carbocycles. The summed E-state index contributed by atoms with van der Waals surface area (Å²) in [6.45, 7) is 4.93. The second-order valence-corrected chi connectivity index (χ2v) is 6.64. The molecule has 2 aromatic rings. The molecule has 0 amide bonds. The lowest BCUT2D eigenvalue weighted by molar-refractivity contribution is 0.174. The summed E-state index contributed by atoms with van der Waals surface area (Å²) in [6.07, 6.45) is 0. The van der Waals surface area contributed by atoms with E-state index in [4.69, 9.17) is 33.9 Å². The van der Waals surface area contributed by atoms with Crippen LogP contribution in [0.15, 0.2) is 36.4 Å². The fraction of sp³-hybridized carbons (Fsp3) is 0.222. The van der Waals surface area contributed by atoms with Crippen LogP contribution in [0.1, 0.15) is 16.7 Å². The lowest BCUT2D eigenvalue weighted by atomic mass is 10.1. The Morgan fingerprint density at radius 3 is 2.62 bits per heavy atom. The van der Waals surface area contributed by atoms with Crippen molar-refractivity contribution in [3.05, 3.63) is 53.1 Å². The first-order valence-corrected chi connectivity index (χ1v) is 8.90. The lowest BCUT2D eigenvalue weighted by Crippen LogP contribution is -2.48. The van der Waals surface area contributed by atoms with Gasteiger partial charge in [-0.05, 0) is 73.2 Å².